The van der Waals surface area contributed by atoms with Crippen molar-refractivity contribution in [2.75, 3.05) is 6.54 Å². The molecule has 134 valence electrons. The fourth-order valence-electron chi connectivity index (χ4n) is 3.51. The van der Waals surface area contributed by atoms with Crippen LogP contribution in [-0.2, 0) is 4.74 Å². The third-order valence-corrected chi connectivity index (χ3v) is 4.58. The Morgan fingerprint density at radius 2 is 1.76 bits per heavy atom. The lowest BCUT2D eigenvalue weighted by Crippen LogP contribution is -2.38. The maximum absolute atomic E-state index is 12.4. The van der Waals surface area contributed by atoms with Crippen LogP contribution in [0.5, 0.6) is 0 Å². The normalized spacial score (nSPS) is 22.9. The maximum atomic E-state index is 12.4. The van der Waals surface area contributed by atoms with Gasteiger partial charge in [-0.3, -0.25) is 14.5 Å². The summed E-state index contributed by atoms with van der Waals surface area (Å²) in [7, 11) is 0. The summed E-state index contributed by atoms with van der Waals surface area (Å²) in [5, 5.41) is 2.88. The van der Waals surface area contributed by atoms with Gasteiger partial charge in [-0.2, -0.15) is 0 Å². The molecule has 0 bridgehead atoms. The summed E-state index contributed by atoms with van der Waals surface area (Å²) in [5.74, 6) is -0.240. The van der Waals surface area contributed by atoms with Crippen LogP contribution < -0.4 is 5.32 Å². The molecule has 3 rings (SSSR count). The Morgan fingerprint density at radius 3 is 2.32 bits per heavy atom. The quantitative estimate of drug-likeness (QED) is 0.855. The first-order chi connectivity index (χ1) is 11.7. The Morgan fingerprint density at radius 1 is 1.16 bits per heavy atom. The van der Waals surface area contributed by atoms with Gasteiger partial charge in [0, 0.05) is 12.6 Å². The number of hydrogen-bond acceptors (Lipinski definition) is 4. The molecule has 1 aromatic rings. The second kappa shape index (κ2) is 6.50. The van der Waals surface area contributed by atoms with E-state index in [9.17, 15) is 14.4 Å². The predicted molar refractivity (Wildman–Crippen MR) is 92.3 cm³/mol. The molecule has 0 aromatic heterocycles. The van der Waals surface area contributed by atoms with Gasteiger partial charge in [0.2, 0.25) is 0 Å². The molecule has 6 heteroatoms. The molecule has 3 amide bonds. The van der Waals surface area contributed by atoms with Crippen LogP contribution in [0, 0.1) is 5.92 Å². The number of carbonyl (C=O) groups excluding carboxylic acids is 3. The lowest BCUT2D eigenvalue weighted by molar-refractivity contribution is 0.0499. The van der Waals surface area contributed by atoms with Gasteiger partial charge in [0.25, 0.3) is 11.8 Å². The van der Waals surface area contributed by atoms with Gasteiger partial charge in [-0.1, -0.05) is 12.1 Å². The SMILES string of the molecule is CC(C)(C)OC(=O)N[C@@H]1CC[C@H](CN2C(=O)c3ccccc3C2=O)C1. The smallest absolute Gasteiger partial charge is 0.407 e. The van der Waals surface area contributed by atoms with E-state index in [0.29, 0.717) is 17.7 Å². The van der Waals surface area contributed by atoms with Crippen molar-refractivity contribution in [3.8, 4) is 0 Å². The van der Waals surface area contributed by atoms with Gasteiger partial charge < -0.3 is 10.1 Å². The molecule has 25 heavy (non-hydrogen) atoms. The van der Waals surface area contributed by atoms with E-state index in [1.165, 1.54) is 4.90 Å². The second-order valence-electron chi connectivity index (χ2n) is 7.79. The summed E-state index contributed by atoms with van der Waals surface area (Å²) in [4.78, 5) is 38.1. The summed E-state index contributed by atoms with van der Waals surface area (Å²) in [6.07, 6.45) is 2.02. The number of fused-ring (bicyclic) bond motifs is 1. The third kappa shape index (κ3) is 3.83. The first-order valence-corrected chi connectivity index (χ1v) is 8.69. The Bertz CT molecular complexity index is 673. The standard InChI is InChI=1S/C19H24N2O4/c1-19(2,3)25-18(24)20-13-9-8-12(10-13)11-21-16(22)14-6-4-5-7-15(14)17(21)23/h4-7,12-13H,8-11H2,1-3H3,(H,20,24)/t12-,13+/m0/s1. The van der Waals surface area contributed by atoms with Crippen molar-refractivity contribution in [2.24, 2.45) is 5.92 Å². The zero-order chi connectivity index (χ0) is 18.2. The number of imide groups is 1. The zero-order valence-corrected chi connectivity index (χ0v) is 14.9. The fourth-order valence-corrected chi connectivity index (χ4v) is 3.51. The van der Waals surface area contributed by atoms with Gasteiger partial charge in [0.15, 0.2) is 0 Å². The number of nitrogens with zero attached hydrogens (tertiary/aromatic N) is 1. The van der Waals surface area contributed by atoms with E-state index in [-0.39, 0.29) is 23.8 Å². The molecular weight excluding hydrogens is 320 g/mol. The Labute approximate surface area is 147 Å². The average molecular weight is 344 g/mol. The number of carbonyl (C=O) groups is 3. The van der Waals surface area contributed by atoms with E-state index in [0.717, 1.165) is 19.3 Å². The van der Waals surface area contributed by atoms with Crippen LogP contribution in [0.15, 0.2) is 24.3 Å². The van der Waals surface area contributed by atoms with Gasteiger partial charge in [0.05, 0.1) is 11.1 Å². The van der Waals surface area contributed by atoms with Crippen molar-refractivity contribution in [2.45, 2.75) is 51.7 Å². The molecular formula is C19H24N2O4. The molecule has 1 heterocycles. The largest absolute Gasteiger partial charge is 0.444 e. The number of alkyl carbamates (subject to hydrolysis) is 1. The molecule has 1 N–H and O–H groups in total. The van der Waals surface area contributed by atoms with Crippen molar-refractivity contribution in [3.63, 3.8) is 0 Å². The van der Waals surface area contributed by atoms with Gasteiger partial charge in [-0.25, -0.2) is 4.79 Å². The predicted octanol–water partition coefficient (Wildman–Crippen LogP) is 2.98. The Hall–Kier alpha value is -2.37. The summed E-state index contributed by atoms with van der Waals surface area (Å²) >= 11 is 0. The summed E-state index contributed by atoms with van der Waals surface area (Å²) in [6.45, 7) is 5.88. The van der Waals surface area contributed by atoms with Crippen molar-refractivity contribution >= 4 is 17.9 Å². The molecule has 0 saturated heterocycles. The summed E-state index contributed by atoms with van der Waals surface area (Å²) < 4.78 is 5.28. The molecule has 0 radical (unpaired) electrons. The molecule has 2 aliphatic rings. The second-order valence-corrected chi connectivity index (χ2v) is 7.79. The number of nitrogens with one attached hydrogen (secondary N) is 1. The van der Waals surface area contributed by atoms with Crippen LogP contribution in [0.1, 0.15) is 60.7 Å². The molecule has 0 unspecified atom stereocenters. The lowest BCUT2D eigenvalue weighted by Gasteiger charge is -2.22. The van der Waals surface area contributed by atoms with Gasteiger partial charge >= 0.3 is 6.09 Å². The van der Waals surface area contributed by atoms with Crippen molar-refractivity contribution in [3.05, 3.63) is 35.4 Å². The topological polar surface area (TPSA) is 75.7 Å². The van der Waals surface area contributed by atoms with Crippen LogP contribution in [0.25, 0.3) is 0 Å². The molecule has 0 spiro atoms. The molecule has 6 nitrogen and oxygen atoms in total. The highest BCUT2D eigenvalue weighted by molar-refractivity contribution is 6.21. The summed E-state index contributed by atoms with van der Waals surface area (Å²) in [6, 6.07) is 6.94. The number of amides is 3. The van der Waals surface area contributed by atoms with Crippen LogP contribution in [0.3, 0.4) is 0 Å². The fraction of sp³-hybridized carbons (Fsp3) is 0.526. The van der Waals surface area contributed by atoms with Gasteiger partial charge in [0.1, 0.15) is 5.60 Å². The monoisotopic (exact) mass is 344 g/mol. The van der Waals surface area contributed by atoms with E-state index in [1.54, 1.807) is 24.3 Å². The molecule has 1 aromatic carbocycles. The molecule has 1 fully saturated rings. The van der Waals surface area contributed by atoms with Crippen LogP contribution >= 0.6 is 0 Å². The minimum Gasteiger partial charge on any atom is -0.444 e. The highest BCUT2D eigenvalue weighted by atomic mass is 16.6. The molecule has 2 atom stereocenters. The average Bonchev–Trinajstić information content (AvgIpc) is 3.05. The van der Waals surface area contributed by atoms with E-state index >= 15 is 0 Å². The maximum Gasteiger partial charge on any atom is 0.407 e. The Balaban J connectivity index is 1.55. The number of ether oxygens (including phenoxy) is 1. The Kier molecular flexibility index (Phi) is 4.54. The van der Waals surface area contributed by atoms with E-state index in [1.807, 2.05) is 20.8 Å². The molecule has 1 saturated carbocycles. The number of rotatable bonds is 3. The van der Waals surface area contributed by atoms with Crippen molar-refractivity contribution in [1.82, 2.24) is 10.2 Å². The minimum atomic E-state index is -0.526. The highest BCUT2D eigenvalue weighted by Crippen LogP contribution is 2.30. The number of hydrogen-bond donors (Lipinski definition) is 1. The van der Waals surface area contributed by atoms with Crippen LogP contribution in [0.2, 0.25) is 0 Å². The van der Waals surface area contributed by atoms with Gasteiger partial charge in [-0.05, 0) is 58.1 Å². The number of benzene rings is 1. The summed E-state index contributed by atoms with van der Waals surface area (Å²) in [5.41, 5.74) is 0.435. The van der Waals surface area contributed by atoms with E-state index < -0.39 is 11.7 Å². The van der Waals surface area contributed by atoms with Crippen molar-refractivity contribution in [1.29, 1.82) is 0 Å². The first kappa shape index (κ1) is 17.5. The first-order valence-electron chi connectivity index (χ1n) is 8.69. The van der Waals surface area contributed by atoms with E-state index in [4.69, 9.17) is 4.74 Å². The molecule has 1 aliphatic carbocycles. The van der Waals surface area contributed by atoms with Gasteiger partial charge in [-0.15, -0.1) is 0 Å². The highest BCUT2D eigenvalue weighted by Gasteiger charge is 2.38. The third-order valence-electron chi connectivity index (χ3n) is 4.58. The van der Waals surface area contributed by atoms with Crippen LogP contribution in [0.4, 0.5) is 4.79 Å². The molecule has 1 aliphatic heterocycles. The van der Waals surface area contributed by atoms with E-state index in [2.05, 4.69) is 5.32 Å². The minimum absolute atomic E-state index is 0.0232. The van der Waals surface area contributed by atoms with Crippen molar-refractivity contribution < 1.29 is 19.1 Å². The zero-order valence-electron chi connectivity index (χ0n) is 14.9. The lowest BCUT2D eigenvalue weighted by atomic mass is 10.1. The van der Waals surface area contributed by atoms with Crippen LogP contribution in [-0.4, -0.2) is 41.0 Å².